The van der Waals surface area contributed by atoms with Gasteiger partial charge in [-0.15, -0.1) is 0 Å². The Morgan fingerprint density at radius 3 is 0.988 bits per heavy atom. The van der Waals surface area contributed by atoms with Gasteiger partial charge in [-0.1, -0.05) is 91.0 Å². The summed E-state index contributed by atoms with van der Waals surface area (Å²) in [6.45, 7) is 0.0797. The molecule has 426 valence electrons. The van der Waals surface area contributed by atoms with Crippen molar-refractivity contribution in [3.05, 3.63) is 202 Å². The summed E-state index contributed by atoms with van der Waals surface area (Å²) < 4.78 is 362. The molecule has 0 fully saturated rings. The van der Waals surface area contributed by atoms with E-state index in [9.17, 15) is 115 Å². The van der Waals surface area contributed by atoms with Crippen LogP contribution in [-0.2, 0) is 56.0 Å². The number of hydrogen-bond acceptors (Lipinski definition) is 3. The van der Waals surface area contributed by atoms with Crippen molar-refractivity contribution in [1.29, 1.82) is 0 Å². The van der Waals surface area contributed by atoms with Crippen molar-refractivity contribution in [3.63, 3.8) is 0 Å². The predicted molar refractivity (Wildman–Crippen MR) is 232 cm³/mol. The first-order chi connectivity index (χ1) is 36.5. The molecule has 0 radical (unpaired) electrons. The lowest BCUT2D eigenvalue weighted by Gasteiger charge is -2.46. The van der Waals surface area contributed by atoms with Crippen molar-refractivity contribution < 1.29 is 124 Å². The fourth-order valence-corrected chi connectivity index (χ4v) is 8.17. The molecular formula is C50H26BF25N2O2. The lowest BCUT2D eigenvalue weighted by molar-refractivity contribution is -0.687. The minimum Gasteiger partial charge on any atom is -0.401 e. The van der Waals surface area contributed by atoms with E-state index in [1.165, 1.54) is 18.3 Å². The Morgan fingerprint density at radius 2 is 0.700 bits per heavy atom. The topological polar surface area (TPSA) is 43.1 Å². The molecule has 0 aliphatic rings. The largest absolute Gasteiger partial charge is 0.416 e. The SMILES string of the molecule is FC(F)(F)c1cc([B-](c2cc(C(F)(F)F)cc(C(F)(F)F)c2)(c2cc(C(F)(F)F)cc(C(F)(F)F)c2)c2cc(C(F)(F)F)cc(C(F)(F)F)c2)cc(C(F)(F)F)c1.O=C(C[n+]1ccncc1Oc1ccccc1F)c1ccccc1. The number of nitrogens with zero attached hydrogens (tertiary/aromatic N) is 2. The molecule has 1 aromatic heterocycles. The number of alkyl halides is 24. The summed E-state index contributed by atoms with van der Waals surface area (Å²) in [6, 6.07) is 6.24. The van der Waals surface area contributed by atoms with Crippen LogP contribution in [0.1, 0.15) is 54.9 Å². The highest BCUT2D eigenvalue weighted by molar-refractivity contribution is 7.20. The van der Waals surface area contributed by atoms with Crippen LogP contribution in [0.4, 0.5) is 110 Å². The maximum atomic E-state index is 14.2. The van der Waals surface area contributed by atoms with Crippen LogP contribution in [0.3, 0.4) is 0 Å². The molecule has 0 unspecified atom stereocenters. The zero-order valence-electron chi connectivity index (χ0n) is 38.8. The highest BCUT2D eigenvalue weighted by Gasteiger charge is 2.47. The van der Waals surface area contributed by atoms with E-state index in [1.54, 1.807) is 53.4 Å². The zero-order valence-corrected chi connectivity index (χ0v) is 38.8. The number of para-hydroxylation sites is 1. The quantitative estimate of drug-likeness (QED) is 0.0626. The van der Waals surface area contributed by atoms with Crippen LogP contribution < -0.4 is 31.2 Å². The van der Waals surface area contributed by atoms with Crippen molar-refractivity contribution >= 4 is 33.8 Å². The third-order valence-corrected chi connectivity index (χ3v) is 11.7. The molecule has 0 aliphatic heterocycles. The van der Waals surface area contributed by atoms with Crippen LogP contribution in [0, 0.1) is 5.82 Å². The van der Waals surface area contributed by atoms with Gasteiger partial charge in [0.25, 0.3) is 0 Å². The van der Waals surface area contributed by atoms with E-state index in [1.807, 2.05) is 6.07 Å². The van der Waals surface area contributed by atoms with E-state index in [-0.39, 0.29) is 18.1 Å². The van der Waals surface area contributed by atoms with E-state index >= 15 is 0 Å². The third-order valence-electron chi connectivity index (χ3n) is 11.7. The number of Topliss-reactive ketones (excluding diaryl/α,β-unsaturated/α-hetero) is 1. The summed E-state index contributed by atoms with van der Waals surface area (Å²) in [5.74, 6) is -0.166. The lowest BCUT2D eigenvalue weighted by Crippen LogP contribution is -2.75. The monoisotopic (exact) mass is 1170 g/mol. The summed E-state index contributed by atoms with van der Waals surface area (Å²) >= 11 is 0. The van der Waals surface area contributed by atoms with Crippen molar-refractivity contribution in [2.45, 2.75) is 56.0 Å². The minimum absolute atomic E-state index is 0.0693. The summed E-state index contributed by atoms with van der Waals surface area (Å²) in [5.41, 5.74) is -29.6. The fourth-order valence-electron chi connectivity index (χ4n) is 8.17. The van der Waals surface area contributed by atoms with Crippen LogP contribution in [0.5, 0.6) is 11.6 Å². The highest BCUT2D eigenvalue weighted by Crippen LogP contribution is 2.41. The van der Waals surface area contributed by atoms with E-state index in [0.29, 0.717) is 11.4 Å². The first-order valence-electron chi connectivity index (χ1n) is 21.7. The molecule has 7 rings (SSSR count). The maximum Gasteiger partial charge on any atom is 0.416 e. The van der Waals surface area contributed by atoms with Crippen LogP contribution in [0.25, 0.3) is 0 Å². The van der Waals surface area contributed by atoms with Crippen molar-refractivity contribution in [1.82, 2.24) is 4.98 Å². The van der Waals surface area contributed by atoms with Crippen molar-refractivity contribution in [3.8, 4) is 11.6 Å². The number of aromatic nitrogens is 2. The Morgan fingerprint density at radius 1 is 0.412 bits per heavy atom. The minimum atomic E-state index is -6.13. The first-order valence-corrected chi connectivity index (χ1v) is 21.7. The molecule has 0 saturated carbocycles. The Hall–Kier alpha value is -7.82. The first kappa shape index (κ1) is 61.4. The Kier molecular flexibility index (Phi) is 16.6. The second kappa shape index (κ2) is 21.7. The molecule has 30 heteroatoms. The van der Waals surface area contributed by atoms with Crippen molar-refractivity contribution in [2.24, 2.45) is 0 Å². The molecule has 4 nitrogen and oxygen atoms in total. The normalized spacial score (nSPS) is 13.2. The average molecular weight is 1170 g/mol. The number of benzene rings is 6. The summed E-state index contributed by atoms with van der Waals surface area (Å²) in [4.78, 5) is 16.3. The number of ether oxygens (including phenoxy) is 1. The van der Waals surface area contributed by atoms with Gasteiger partial charge in [0.05, 0.1) is 50.7 Å². The molecular weight excluding hydrogens is 1150 g/mol. The third kappa shape index (κ3) is 14.1. The molecule has 0 N–H and O–H groups in total. The second-order valence-corrected chi connectivity index (χ2v) is 17.1. The fraction of sp³-hybridized carbons (Fsp3) is 0.180. The van der Waals surface area contributed by atoms with Crippen LogP contribution in [0.15, 0.2) is 146 Å². The van der Waals surface area contributed by atoms with Gasteiger partial charge in [0.15, 0.2) is 17.8 Å². The van der Waals surface area contributed by atoms with Gasteiger partial charge < -0.3 is 4.74 Å². The number of carbonyl (C=O) groups excluding carboxylic acids is 1. The van der Waals surface area contributed by atoms with E-state index in [4.69, 9.17) is 4.74 Å². The van der Waals surface area contributed by atoms with Gasteiger partial charge >= 0.3 is 55.3 Å². The maximum absolute atomic E-state index is 14.2. The Bertz CT molecular complexity index is 2940. The number of rotatable bonds is 9. The van der Waals surface area contributed by atoms with Gasteiger partial charge in [-0.3, -0.25) is 4.79 Å². The highest BCUT2D eigenvalue weighted by atomic mass is 19.4. The van der Waals surface area contributed by atoms with Gasteiger partial charge in [0.1, 0.15) is 12.3 Å². The Labute approximate surface area is 431 Å². The number of carbonyl (C=O) groups is 1. The molecule has 80 heavy (non-hydrogen) atoms. The smallest absolute Gasteiger partial charge is 0.401 e. The summed E-state index contributed by atoms with van der Waals surface area (Å²) in [6.07, 6.45) is -50.2. The zero-order chi connectivity index (χ0) is 60.0. The van der Waals surface area contributed by atoms with E-state index < -0.39 is 201 Å². The van der Waals surface area contributed by atoms with Crippen LogP contribution >= 0.6 is 0 Å². The molecule has 0 bridgehead atoms. The van der Waals surface area contributed by atoms with E-state index in [2.05, 4.69) is 4.98 Å². The number of ketones is 1. The lowest BCUT2D eigenvalue weighted by atomic mass is 9.12. The van der Waals surface area contributed by atoms with Gasteiger partial charge in [-0.05, 0) is 36.4 Å². The average Bonchev–Trinajstić information content (AvgIpc) is 3.47. The molecule has 6 aromatic carbocycles. The van der Waals surface area contributed by atoms with Gasteiger partial charge in [0.2, 0.25) is 12.3 Å². The van der Waals surface area contributed by atoms with E-state index in [0.717, 1.165) is 0 Å². The van der Waals surface area contributed by atoms with Crippen LogP contribution in [0.2, 0.25) is 0 Å². The van der Waals surface area contributed by atoms with Crippen LogP contribution in [-0.4, -0.2) is 16.9 Å². The summed E-state index contributed by atoms with van der Waals surface area (Å²) in [5, 5.41) is 0. The molecule has 1 heterocycles. The second-order valence-electron chi connectivity index (χ2n) is 17.1. The van der Waals surface area contributed by atoms with Gasteiger partial charge in [-0.25, -0.2) is 9.37 Å². The number of hydrogen-bond donors (Lipinski definition) is 0. The molecule has 0 saturated heterocycles. The molecule has 0 aliphatic carbocycles. The van der Waals surface area contributed by atoms with Gasteiger partial charge in [0, 0.05) is 5.56 Å². The summed E-state index contributed by atoms with van der Waals surface area (Å²) in [7, 11) is 0. The standard InChI is InChI=1S/C32H12BF24.C18H14FN2O2/c34-25(35,36)13-1-14(26(37,38)39)6-21(5-13)33(22-7-15(27(40,41)42)2-16(8-22)28(43,44)45,23-9-17(29(46,47)48)3-18(10-23)30(49,50)51)24-11-19(31(52,53)54)4-20(12-24)32(55,56)57;19-15-8-4-5-9-17(15)23-18-12-20-10-11-21(18)13-16(22)14-6-2-1-3-7-14/h1-12H;1-12H,13H2/q-1;+1. The molecule has 0 spiro atoms. The molecule has 0 atom stereocenters. The van der Waals surface area contributed by atoms with Gasteiger partial charge in [-0.2, -0.15) is 132 Å². The molecule has 0 amide bonds. The predicted octanol–water partition coefficient (Wildman–Crippen LogP) is 14.4. The Balaban J connectivity index is 0.000000370. The van der Waals surface area contributed by atoms with Crippen molar-refractivity contribution in [2.75, 3.05) is 0 Å². The number of halogens is 25. The molecule has 7 aromatic rings.